The molecule has 0 spiro atoms. The average molecular weight is 430 g/mol. The molecule has 0 radical (unpaired) electrons. The number of para-hydroxylation sites is 1. The number of benzene rings is 2. The zero-order valence-electron chi connectivity index (χ0n) is 16.0. The number of nitrogens with zero attached hydrogens (tertiary/aromatic N) is 2. The predicted octanol–water partition coefficient (Wildman–Crippen LogP) is 3.98. The normalized spacial score (nSPS) is 12.4. The lowest BCUT2D eigenvalue weighted by molar-refractivity contribution is 0.0941. The van der Waals surface area contributed by atoms with Gasteiger partial charge in [-0.1, -0.05) is 18.2 Å². The van der Waals surface area contributed by atoms with Crippen LogP contribution in [0.2, 0.25) is 0 Å². The van der Waals surface area contributed by atoms with E-state index in [4.69, 9.17) is 4.74 Å². The quantitative estimate of drug-likeness (QED) is 0.644. The first kappa shape index (κ1) is 19.5. The molecule has 0 unspecified atom stereocenters. The minimum atomic E-state index is -0.132. The number of carbonyl (C=O) groups excluding carboxylic acids is 1. The summed E-state index contributed by atoms with van der Waals surface area (Å²) in [5, 5.41) is 4.27. The highest BCUT2D eigenvalue weighted by atomic mass is 79.9. The minimum Gasteiger partial charge on any atom is -0.497 e. The summed E-state index contributed by atoms with van der Waals surface area (Å²) in [5.74, 6) is 0.523. The van der Waals surface area contributed by atoms with Crippen LogP contribution in [0.4, 0.5) is 0 Å². The molecule has 5 nitrogen and oxygen atoms in total. The first-order valence-electron chi connectivity index (χ1n) is 8.74. The summed E-state index contributed by atoms with van der Waals surface area (Å²) in [7, 11) is 7.69. The van der Waals surface area contributed by atoms with Crippen molar-refractivity contribution in [3.63, 3.8) is 0 Å². The van der Waals surface area contributed by atoms with Crippen molar-refractivity contribution >= 4 is 32.7 Å². The van der Waals surface area contributed by atoms with Crippen LogP contribution in [0.3, 0.4) is 0 Å². The highest BCUT2D eigenvalue weighted by molar-refractivity contribution is 9.10. The maximum atomic E-state index is 12.7. The van der Waals surface area contributed by atoms with Crippen LogP contribution in [-0.2, 0) is 7.05 Å². The summed E-state index contributed by atoms with van der Waals surface area (Å²) in [6, 6.07) is 13.8. The van der Waals surface area contributed by atoms with Gasteiger partial charge in [-0.3, -0.25) is 4.79 Å². The molecule has 0 bridgehead atoms. The van der Waals surface area contributed by atoms with E-state index in [9.17, 15) is 4.79 Å². The topological polar surface area (TPSA) is 46.5 Å². The molecule has 1 N–H and O–H groups in total. The van der Waals surface area contributed by atoms with Gasteiger partial charge in [-0.15, -0.1) is 0 Å². The van der Waals surface area contributed by atoms with Gasteiger partial charge in [0.1, 0.15) is 5.75 Å². The Bertz CT molecular complexity index is 965. The maximum absolute atomic E-state index is 12.7. The van der Waals surface area contributed by atoms with E-state index < -0.39 is 0 Å². The van der Waals surface area contributed by atoms with Crippen molar-refractivity contribution < 1.29 is 9.53 Å². The lowest BCUT2D eigenvalue weighted by Crippen LogP contribution is -2.34. The fraction of sp³-hybridized carbons (Fsp3) is 0.286. The Morgan fingerprint density at radius 1 is 1.26 bits per heavy atom. The molecule has 0 aliphatic heterocycles. The van der Waals surface area contributed by atoms with E-state index in [2.05, 4.69) is 49.0 Å². The Hall–Kier alpha value is -2.31. The molecule has 27 heavy (non-hydrogen) atoms. The van der Waals surface area contributed by atoms with Crippen LogP contribution in [0.15, 0.2) is 53.1 Å². The molecule has 3 rings (SSSR count). The van der Waals surface area contributed by atoms with Crippen molar-refractivity contribution in [3.05, 3.63) is 64.3 Å². The Balaban J connectivity index is 1.84. The van der Waals surface area contributed by atoms with E-state index in [1.165, 1.54) is 16.5 Å². The summed E-state index contributed by atoms with van der Waals surface area (Å²) in [6.45, 7) is 0.503. The molecule has 142 valence electrons. The van der Waals surface area contributed by atoms with Gasteiger partial charge in [0.25, 0.3) is 5.91 Å². The van der Waals surface area contributed by atoms with Crippen LogP contribution < -0.4 is 10.1 Å². The molecule has 0 aliphatic carbocycles. The number of aromatic nitrogens is 1. The SMILES string of the molecule is COc1ccc(Br)c(C(=O)NC[C@H](c2cn(C)c3ccccc23)N(C)C)c1. The van der Waals surface area contributed by atoms with Gasteiger partial charge in [-0.25, -0.2) is 0 Å². The number of nitrogens with one attached hydrogen (secondary N) is 1. The third kappa shape index (κ3) is 4.01. The average Bonchev–Trinajstić information content (AvgIpc) is 2.99. The van der Waals surface area contributed by atoms with Gasteiger partial charge in [0, 0.05) is 35.2 Å². The first-order valence-corrected chi connectivity index (χ1v) is 9.53. The molecule has 1 heterocycles. The summed E-state index contributed by atoms with van der Waals surface area (Å²) < 4.78 is 8.10. The van der Waals surface area contributed by atoms with E-state index in [0.717, 1.165) is 4.47 Å². The second-order valence-electron chi connectivity index (χ2n) is 6.75. The van der Waals surface area contributed by atoms with Gasteiger partial charge in [-0.05, 0) is 59.9 Å². The number of halogens is 1. The molecule has 1 aromatic heterocycles. The number of carbonyl (C=O) groups is 1. The number of likely N-dealkylation sites (N-methyl/N-ethyl adjacent to an activating group) is 1. The van der Waals surface area contributed by atoms with Crippen molar-refractivity contribution in [2.45, 2.75) is 6.04 Å². The number of fused-ring (bicyclic) bond motifs is 1. The van der Waals surface area contributed by atoms with Crippen LogP contribution in [0, 0.1) is 0 Å². The summed E-state index contributed by atoms with van der Waals surface area (Å²) in [4.78, 5) is 14.9. The Labute approximate surface area is 168 Å². The molecule has 6 heteroatoms. The fourth-order valence-electron chi connectivity index (χ4n) is 3.30. The van der Waals surface area contributed by atoms with Gasteiger partial charge >= 0.3 is 0 Å². The van der Waals surface area contributed by atoms with E-state index in [1.54, 1.807) is 13.2 Å². The minimum absolute atomic E-state index is 0.0597. The highest BCUT2D eigenvalue weighted by Crippen LogP contribution is 2.28. The van der Waals surface area contributed by atoms with E-state index in [0.29, 0.717) is 17.9 Å². The van der Waals surface area contributed by atoms with Crippen molar-refractivity contribution in [1.82, 2.24) is 14.8 Å². The predicted molar refractivity (Wildman–Crippen MR) is 112 cm³/mol. The van der Waals surface area contributed by atoms with Gasteiger partial charge in [-0.2, -0.15) is 0 Å². The van der Waals surface area contributed by atoms with Crippen molar-refractivity contribution in [2.75, 3.05) is 27.7 Å². The van der Waals surface area contributed by atoms with Crippen molar-refractivity contribution in [2.24, 2.45) is 7.05 Å². The van der Waals surface area contributed by atoms with Gasteiger partial charge < -0.3 is 19.5 Å². The molecular weight excluding hydrogens is 406 g/mol. The molecule has 0 saturated heterocycles. The first-order chi connectivity index (χ1) is 12.9. The third-order valence-corrected chi connectivity index (χ3v) is 5.48. The number of hydrogen-bond donors (Lipinski definition) is 1. The summed E-state index contributed by atoms with van der Waals surface area (Å²) in [5.41, 5.74) is 2.94. The molecular formula is C21H24BrN3O2. The van der Waals surface area contributed by atoms with Gasteiger partial charge in [0.2, 0.25) is 0 Å². The van der Waals surface area contributed by atoms with Gasteiger partial charge in [0.05, 0.1) is 18.7 Å². The molecule has 2 aromatic carbocycles. The maximum Gasteiger partial charge on any atom is 0.252 e. The number of rotatable bonds is 6. The van der Waals surface area contributed by atoms with E-state index in [1.807, 2.05) is 45.4 Å². The number of amides is 1. The van der Waals surface area contributed by atoms with Crippen molar-refractivity contribution in [1.29, 1.82) is 0 Å². The second-order valence-corrected chi connectivity index (χ2v) is 7.60. The lowest BCUT2D eigenvalue weighted by atomic mass is 10.0. The lowest BCUT2D eigenvalue weighted by Gasteiger charge is -2.24. The third-order valence-electron chi connectivity index (χ3n) is 4.78. The Morgan fingerprint density at radius 3 is 2.70 bits per heavy atom. The molecule has 0 fully saturated rings. The zero-order valence-corrected chi connectivity index (χ0v) is 17.6. The summed E-state index contributed by atoms with van der Waals surface area (Å²) >= 11 is 3.45. The van der Waals surface area contributed by atoms with Crippen LogP contribution >= 0.6 is 15.9 Å². The highest BCUT2D eigenvalue weighted by Gasteiger charge is 2.21. The van der Waals surface area contributed by atoms with Crippen LogP contribution in [0.25, 0.3) is 10.9 Å². The molecule has 0 saturated carbocycles. The summed E-state index contributed by atoms with van der Waals surface area (Å²) in [6.07, 6.45) is 2.14. The van der Waals surface area contributed by atoms with Crippen molar-refractivity contribution in [3.8, 4) is 5.75 Å². The number of ether oxygens (including phenoxy) is 1. The Morgan fingerprint density at radius 2 is 2.00 bits per heavy atom. The van der Waals surface area contributed by atoms with Gasteiger partial charge in [0.15, 0.2) is 0 Å². The fourth-order valence-corrected chi connectivity index (χ4v) is 3.73. The standard InChI is InChI=1S/C21H24BrN3O2/c1-24(2)20(17-13-25(3)19-8-6-5-7-15(17)19)12-23-21(26)16-11-14(27-4)9-10-18(16)22/h5-11,13,20H,12H2,1-4H3,(H,23,26)/t20-/m1/s1. The largest absolute Gasteiger partial charge is 0.497 e. The molecule has 1 atom stereocenters. The number of hydrogen-bond acceptors (Lipinski definition) is 3. The second kappa shape index (κ2) is 8.15. The Kier molecular flexibility index (Phi) is 5.87. The zero-order chi connectivity index (χ0) is 19.6. The molecule has 1 amide bonds. The molecule has 0 aliphatic rings. The number of aryl methyl sites for hydroxylation is 1. The van der Waals surface area contributed by atoms with Crippen LogP contribution in [0.1, 0.15) is 22.0 Å². The van der Waals surface area contributed by atoms with E-state index in [-0.39, 0.29) is 11.9 Å². The van der Waals surface area contributed by atoms with Crippen LogP contribution in [-0.4, -0.2) is 43.1 Å². The monoisotopic (exact) mass is 429 g/mol. The van der Waals surface area contributed by atoms with E-state index >= 15 is 0 Å². The number of methoxy groups -OCH3 is 1. The molecule has 3 aromatic rings. The van der Waals surface area contributed by atoms with Crippen LogP contribution in [0.5, 0.6) is 5.75 Å². The smallest absolute Gasteiger partial charge is 0.252 e.